The number of aryl methyl sites for hydroxylation is 1. The van der Waals surface area contributed by atoms with Crippen LogP contribution in [0.2, 0.25) is 0 Å². The maximum Gasteiger partial charge on any atom is 0.246 e. The van der Waals surface area contributed by atoms with Crippen molar-refractivity contribution in [1.82, 2.24) is 9.97 Å². The Morgan fingerprint density at radius 2 is 1.93 bits per heavy atom. The van der Waals surface area contributed by atoms with Gasteiger partial charge in [0.05, 0.1) is 5.69 Å². The Morgan fingerprint density at radius 3 is 2.57 bits per heavy atom. The van der Waals surface area contributed by atoms with Gasteiger partial charge in [0.15, 0.2) is 0 Å². The number of aromatic nitrogens is 2. The molecule has 0 fully saturated rings. The summed E-state index contributed by atoms with van der Waals surface area (Å²) in [6.45, 7) is 1.93. The van der Waals surface area contributed by atoms with Gasteiger partial charge in [0, 0.05) is 11.9 Å². The number of hydrogen-bond acceptors (Lipinski definition) is 3. The minimum atomic E-state index is 0.534. The largest absolute Gasteiger partial charge is 0.325 e. The van der Waals surface area contributed by atoms with Crippen molar-refractivity contribution in [2.24, 2.45) is 10.2 Å². The molecule has 1 heterocycles. The van der Waals surface area contributed by atoms with Gasteiger partial charge in [-0.05, 0) is 19.1 Å². The van der Waals surface area contributed by atoms with E-state index in [1.807, 2.05) is 37.3 Å². The average Bonchev–Trinajstić information content (AvgIpc) is 2.63. The van der Waals surface area contributed by atoms with Gasteiger partial charge in [-0.3, -0.25) is 0 Å². The Kier molecular flexibility index (Phi) is 2.36. The standard InChI is InChI=1S/C10H10N4/c1-8-7-11-10(12-8)14-13-9-5-3-2-4-6-9/h2-7H,1H3,(H,11,12). The Morgan fingerprint density at radius 1 is 1.14 bits per heavy atom. The number of rotatable bonds is 2. The first-order valence-corrected chi connectivity index (χ1v) is 4.33. The van der Waals surface area contributed by atoms with Crippen LogP contribution in [0.5, 0.6) is 0 Å². The van der Waals surface area contributed by atoms with Crippen LogP contribution in [0, 0.1) is 6.92 Å². The summed E-state index contributed by atoms with van der Waals surface area (Å²) in [5, 5.41) is 7.98. The highest BCUT2D eigenvalue weighted by atomic mass is 15.2. The summed E-state index contributed by atoms with van der Waals surface area (Å²) < 4.78 is 0. The molecule has 4 nitrogen and oxygen atoms in total. The third-order valence-electron chi connectivity index (χ3n) is 1.71. The first-order valence-electron chi connectivity index (χ1n) is 4.33. The minimum absolute atomic E-state index is 0.534. The van der Waals surface area contributed by atoms with E-state index in [1.54, 1.807) is 6.20 Å². The number of azo groups is 1. The predicted octanol–water partition coefficient (Wildman–Crippen LogP) is 3.13. The molecule has 0 unspecified atom stereocenters. The van der Waals surface area contributed by atoms with E-state index in [1.165, 1.54) is 0 Å². The van der Waals surface area contributed by atoms with Gasteiger partial charge < -0.3 is 4.98 Å². The van der Waals surface area contributed by atoms with Crippen LogP contribution in [-0.4, -0.2) is 9.97 Å². The molecule has 0 radical (unpaired) electrons. The summed E-state index contributed by atoms with van der Waals surface area (Å²) in [6.07, 6.45) is 1.72. The Hall–Kier alpha value is -1.97. The number of nitrogens with zero attached hydrogens (tertiary/aromatic N) is 3. The van der Waals surface area contributed by atoms with Crippen LogP contribution in [-0.2, 0) is 0 Å². The molecule has 2 aromatic rings. The second kappa shape index (κ2) is 3.83. The molecule has 0 aliphatic rings. The van der Waals surface area contributed by atoms with Crippen LogP contribution in [0.15, 0.2) is 46.8 Å². The molecule has 70 valence electrons. The molecule has 0 amide bonds. The monoisotopic (exact) mass is 186 g/mol. The van der Waals surface area contributed by atoms with E-state index in [2.05, 4.69) is 20.2 Å². The average molecular weight is 186 g/mol. The van der Waals surface area contributed by atoms with Gasteiger partial charge in [-0.25, -0.2) is 4.98 Å². The highest BCUT2D eigenvalue weighted by Gasteiger charge is 1.92. The van der Waals surface area contributed by atoms with Crippen LogP contribution in [0.25, 0.3) is 0 Å². The van der Waals surface area contributed by atoms with E-state index in [9.17, 15) is 0 Å². The summed E-state index contributed by atoms with van der Waals surface area (Å²) in [4.78, 5) is 6.99. The first-order chi connectivity index (χ1) is 6.84. The van der Waals surface area contributed by atoms with Gasteiger partial charge in [-0.2, -0.15) is 0 Å². The molecule has 0 spiro atoms. The third-order valence-corrected chi connectivity index (χ3v) is 1.71. The zero-order valence-corrected chi connectivity index (χ0v) is 7.81. The van der Waals surface area contributed by atoms with Crippen LogP contribution in [0.3, 0.4) is 0 Å². The quantitative estimate of drug-likeness (QED) is 0.719. The van der Waals surface area contributed by atoms with E-state index in [4.69, 9.17) is 0 Å². The lowest BCUT2D eigenvalue weighted by atomic mass is 10.3. The zero-order chi connectivity index (χ0) is 9.80. The molecule has 1 N–H and O–H groups in total. The first kappa shape index (κ1) is 8.62. The summed E-state index contributed by atoms with van der Waals surface area (Å²) in [5.74, 6) is 0.534. The third kappa shape index (κ3) is 2.04. The summed E-state index contributed by atoms with van der Waals surface area (Å²) in [6, 6.07) is 9.55. The molecule has 0 aliphatic heterocycles. The topological polar surface area (TPSA) is 53.4 Å². The molecular formula is C10H10N4. The molecular weight excluding hydrogens is 176 g/mol. The summed E-state index contributed by atoms with van der Waals surface area (Å²) in [5.41, 5.74) is 1.80. The molecule has 0 saturated carbocycles. The highest BCUT2D eigenvalue weighted by molar-refractivity contribution is 5.35. The normalized spacial score (nSPS) is 10.9. The Labute approximate surface area is 81.7 Å². The minimum Gasteiger partial charge on any atom is -0.325 e. The number of hydrogen-bond donors (Lipinski definition) is 1. The van der Waals surface area contributed by atoms with Crippen molar-refractivity contribution in [1.29, 1.82) is 0 Å². The van der Waals surface area contributed by atoms with Crippen molar-refractivity contribution < 1.29 is 0 Å². The number of benzene rings is 1. The van der Waals surface area contributed by atoms with Crippen molar-refractivity contribution in [2.45, 2.75) is 6.92 Å². The molecule has 0 aliphatic carbocycles. The lowest BCUT2D eigenvalue weighted by Crippen LogP contribution is -1.66. The van der Waals surface area contributed by atoms with Crippen LogP contribution in [0.4, 0.5) is 11.6 Å². The van der Waals surface area contributed by atoms with Crippen LogP contribution in [0.1, 0.15) is 5.69 Å². The van der Waals surface area contributed by atoms with Gasteiger partial charge in [0.25, 0.3) is 0 Å². The number of imidazole rings is 1. The van der Waals surface area contributed by atoms with Crippen LogP contribution < -0.4 is 0 Å². The maximum atomic E-state index is 4.02. The van der Waals surface area contributed by atoms with Gasteiger partial charge in [0.1, 0.15) is 0 Å². The fraction of sp³-hybridized carbons (Fsp3) is 0.100. The van der Waals surface area contributed by atoms with E-state index >= 15 is 0 Å². The van der Waals surface area contributed by atoms with E-state index in [-0.39, 0.29) is 0 Å². The smallest absolute Gasteiger partial charge is 0.246 e. The molecule has 0 saturated heterocycles. The van der Waals surface area contributed by atoms with Crippen molar-refractivity contribution in [2.75, 3.05) is 0 Å². The SMILES string of the molecule is Cc1cnc(N=Nc2ccccc2)[nH]1. The number of nitrogens with one attached hydrogen (secondary N) is 1. The van der Waals surface area contributed by atoms with Gasteiger partial charge in [-0.15, -0.1) is 10.2 Å². The molecule has 0 bridgehead atoms. The number of H-pyrrole nitrogens is 1. The second-order valence-corrected chi connectivity index (χ2v) is 2.93. The maximum absolute atomic E-state index is 4.02. The van der Waals surface area contributed by atoms with Crippen molar-refractivity contribution >= 4 is 11.6 Å². The Balaban J connectivity index is 2.15. The van der Waals surface area contributed by atoms with E-state index in [0.717, 1.165) is 11.4 Å². The Bertz CT molecular complexity index is 430. The van der Waals surface area contributed by atoms with Crippen LogP contribution >= 0.6 is 0 Å². The molecule has 4 heteroatoms. The van der Waals surface area contributed by atoms with Crippen molar-refractivity contribution in [3.8, 4) is 0 Å². The second-order valence-electron chi connectivity index (χ2n) is 2.93. The van der Waals surface area contributed by atoms with Crippen molar-refractivity contribution in [3.63, 3.8) is 0 Å². The highest BCUT2D eigenvalue weighted by Crippen LogP contribution is 2.14. The molecule has 14 heavy (non-hydrogen) atoms. The lowest BCUT2D eigenvalue weighted by molar-refractivity contribution is 1.11. The summed E-state index contributed by atoms with van der Waals surface area (Å²) >= 11 is 0. The van der Waals surface area contributed by atoms with Gasteiger partial charge in [0.2, 0.25) is 5.95 Å². The number of aromatic amines is 1. The summed E-state index contributed by atoms with van der Waals surface area (Å²) in [7, 11) is 0. The molecule has 1 aromatic heterocycles. The lowest BCUT2D eigenvalue weighted by Gasteiger charge is -1.88. The van der Waals surface area contributed by atoms with Gasteiger partial charge >= 0.3 is 0 Å². The van der Waals surface area contributed by atoms with E-state index < -0.39 is 0 Å². The fourth-order valence-corrected chi connectivity index (χ4v) is 1.05. The fourth-order valence-electron chi connectivity index (χ4n) is 1.05. The molecule has 2 rings (SSSR count). The van der Waals surface area contributed by atoms with E-state index in [0.29, 0.717) is 5.95 Å². The predicted molar refractivity (Wildman–Crippen MR) is 53.9 cm³/mol. The van der Waals surface area contributed by atoms with Crippen molar-refractivity contribution in [3.05, 3.63) is 42.2 Å². The molecule has 1 aromatic carbocycles. The zero-order valence-electron chi connectivity index (χ0n) is 7.81. The molecule has 0 atom stereocenters. The van der Waals surface area contributed by atoms with Gasteiger partial charge in [-0.1, -0.05) is 18.2 Å².